The number of nitro groups is 1. The van der Waals surface area contributed by atoms with Gasteiger partial charge in [-0.1, -0.05) is 23.2 Å². The highest BCUT2D eigenvalue weighted by Gasteiger charge is 2.25. The Kier molecular flexibility index (Phi) is 5.69. The maximum Gasteiger partial charge on any atom is 0.288 e. The predicted octanol–water partition coefficient (Wildman–Crippen LogP) is 4.80. The molecule has 10 heteroatoms. The molecular weight excluding hydrogens is 413 g/mol. The topological polar surface area (TPSA) is 93.8 Å². The van der Waals surface area contributed by atoms with Gasteiger partial charge in [-0.2, -0.15) is 0 Å². The summed E-state index contributed by atoms with van der Waals surface area (Å²) >= 11 is 13.0. The number of methoxy groups -OCH3 is 1. The lowest BCUT2D eigenvalue weighted by atomic mass is 10.2. The van der Waals surface area contributed by atoms with Crippen LogP contribution in [0, 0.1) is 10.1 Å². The summed E-state index contributed by atoms with van der Waals surface area (Å²) in [5, 5.41) is 14.2. The Balaban J connectivity index is 1.88. The summed E-state index contributed by atoms with van der Waals surface area (Å²) in [5.41, 5.74) is 0.666. The molecule has 1 amide bonds. The van der Waals surface area contributed by atoms with E-state index < -0.39 is 4.92 Å². The lowest BCUT2D eigenvalue weighted by Crippen LogP contribution is -2.19. The number of thioether (sulfide) groups is 1. The molecule has 0 aliphatic carbocycles. The number of carbonyl (C=O) groups excluding carboxylic acids is 1. The van der Waals surface area contributed by atoms with Crippen LogP contribution >= 0.6 is 35.0 Å². The monoisotopic (exact) mass is 423 g/mol. The van der Waals surface area contributed by atoms with Gasteiger partial charge >= 0.3 is 0 Å². The zero-order chi connectivity index (χ0) is 19.6. The van der Waals surface area contributed by atoms with Gasteiger partial charge in [-0.05, 0) is 48.2 Å². The number of amidine groups is 1. The van der Waals surface area contributed by atoms with Gasteiger partial charge < -0.3 is 10.1 Å². The van der Waals surface area contributed by atoms with E-state index in [1.807, 2.05) is 0 Å². The number of ether oxygens (including phenoxy) is 1. The van der Waals surface area contributed by atoms with Gasteiger partial charge in [-0.25, -0.2) is 4.99 Å². The fraction of sp³-hybridized carbons (Fsp3) is 0.0588. The van der Waals surface area contributed by atoms with E-state index in [2.05, 4.69) is 10.3 Å². The van der Waals surface area contributed by atoms with Crippen molar-refractivity contribution in [1.29, 1.82) is 0 Å². The first kappa shape index (κ1) is 19.2. The van der Waals surface area contributed by atoms with Crippen molar-refractivity contribution in [3.05, 3.63) is 67.0 Å². The Hall–Kier alpha value is -2.55. The molecule has 1 fully saturated rings. The maximum atomic E-state index is 12.2. The van der Waals surface area contributed by atoms with Crippen LogP contribution in [0.15, 0.2) is 46.3 Å². The zero-order valence-corrected chi connectivity index (χ0v) is 16.1. The second-order valence-corrected chi connectivity index (χ2v) is 7.11. The van der Waals surface area contributed by atoms with Crippen molar-refractivity contribution < 1.29 is 14.5 Å². The smallest absolute Gasteiger partial charge is 0.288 e. The summed E-state index contributed by atoms with van der Waals surface area (Å²) < 4.78 is 5.08. The summed E-state index contributed by atoms with van der Waals surface area (Å²) in [6.45, 7) is 0. The molecule has 1 aliphatic rings. The van der Waals surface area contributed by atoms with E-state index in [0.717, 1.165) is 11.8 Å². The highest BCUT2D eigenvalue weighted by atomic mass is 35.5. The molecule has 1 aliphatic heterocycles. The standard InChI is InChI=1S/C17H11Cl2N3O4S/c1-26-11-4-2-10(3-5-11)20-17-21-16(23)15(27-17)7-9-6-14(22(24)25)13(19)8-12(9)18/h2-8H,1H3,(H,20,21,23)/b15-7+. The molecule has 1 saturated heterocycles. The van der Waals surface area contributed by atoms with Gasteiger partial charge in [0.1, 0.15) is 10.8 Å². The lowest BCUT2D eigenvalue weighted by molar-refractivity contribution is -0.384. The number of rotatable bonds is 4. The largest absolute Gasteiger partial charge is 0.497 e. The van der Waals surface area contributed by atoms with Crippen LogP contribution in [0.1, 0.15) is 5.56 Å². The minimum absolute atomic E-state index is 0.0718. The first-order valence-corrected chi connectivity index (χ1v) is 9.01. The molecule has 1 N–H and O–H groups in total. The van der Waals surface area contributed by atoms with Gasteiger partial charge in [-0.15, -0.1) is 0 Å². The highest BCUT2D eigenvalue weighted by Crippen LogP contribution is 2.35. The van der Waals surface area contributed by atoms with Gasteiger partial charge in [-0.3, -0.25) is 14.9 Å². The first-order valence-electron chi connectivity index (χ1n) is 7.44. The molecule has 0 unspecified atom stereocenters. The summed E-state index contributed by atoms with van der Waals surface area (Å²) in [6.07, 6.45) is 1.46. The number of nitrogens with one attached hydrogen (secondary N) is 1. The number of hydrogen-bond donors (Lipinski definition) is 1. The van der Waals surface area contributed by atoms with Gasteiger partial charge in [0.25, 0.3) is 11.6 Å². The number of hydrogen-bond acceptors (Lipinski definition) is 6. The van der Waals surface area contributed by atoms with Crippen molar-refractivity contribution in [1.82, 2.24) is 5.32 Å². The van der Waals surface area contributed by atoms with E-state index in [9.17, 15) is 14.9 Å². The molecule has 0 radical (unpaired) electrons. The van der Waals surface area contributed by atoms with Gasteiger partial charge in [0.05, 0.1) is 22.6 Å². The Bertz CT molecular complexity index is 990. The Labute approximate surface area is 168 Å². The van der Waals surface area contributed by atoms with Gasteiger partial charge in [0.15, 0.2) is 5.17 Å². The van der Waals surface area contributed by atoms with Crippen molar-refractivity contribution in [2.24, 2.45) is 4.99 Å². The number of halogens is 2. The second kappa shape index (κ2) is 7.99. The van der Waals surface area contributed by atoms with E-state index >= 15 is 0 Å². The third-order valence-electron chi connectivity index (χ3n) is 3.50. The van der Waals surface area contributed by atoms with Crippen molar-refractivity contribution in [3.8, 4) is 5.75 Å². The summed E-state index contributed by atoms with van der Waals surface area (Å²) in [5.74, 6) is 0.322. The van der Waals surface area contributed by atoms with Crippen LogP contribution in [0.25, 0.3) is 6.08 Å². The quantitative estimate of drug-likeness (QED) is 0.432. The fourth-order valence-corrected chi connectivity index (χ4v) is 3.54. The van der Waals surface area contributed by atoms with E-state index in [1.165, 1.54) is 18.2 Å². The van der Waals surface area contributed by atoms with Crippen LogP contribution in [0.4, 0.5) is 11.4 Å². The number of aliphatic imine (C=N–C) groups is 1. The normalized spacial score (nSPS) is 16.6. The van der Waals surface area contributed by atoms with E-state index in [-0.39, 0.29) is 21.6 Å². The zero-order valence-electron chi connectivity index (χ0n) is 13.7. The molecule has 0 spiro atoms. The number of benzene rings is 2. The van der Waals surface area contributed by atoms with Crippen molar-refractivity contribution in [2.75, 3.05) is 7.11 Å². The number of nitro benzene ring substituents is 1. The van der Waals surface area contributed by atoms with E-state index in [4.69, 9.17) is 27.9 Å². The average Bonchev–Trinajstić information content (AvgIpc) is 2.96. The minimum Gasteiger partial charge on any atom is -0.497 e. The van der Waals surface area contributed by atoms with Crippen LogP contribution < -0.4 is 10.1 Å². The Morgan fingerprint density at radius 2 is 1.93 bits per heavy atom. The van der Waals surface area contributed by atoms with E-state index in [0.29, 0.717) is 27.1 Å². The van der Waals surface area contributed by atoms with Crippen LogP contribution in [0.3, 0.4) is 0 Å². The highest BCUT2D eigenvalue weighted by molar-refractivity contribution is 8.18. The molecular formula is C17H11Cl2N3O4S. The molecule has 0 aromatic heterocycles. The number of amides is 1. The van der Waals surface area contributed by atoms with E-state index in [1.54, 1.807) is 31.4 Å². The molecule has 138 valence electrons. The SMILES string of the molecule is COc1ccc(N=C2NC(=O)/C(=C\c3cc([N+](=O)[O-])c(Cl)cc3Cl)S2)cc1. The molecule has 0 bridgehead atoms. The summed E-state index contributed by atoms with van der Waals surface area (Å²) in [7, 11) is 1.57. The molecule has 7 nitrogen and oxygen atoms in total. The van der Waals surface area contributed by atoms with Crippen molar-refractivity contribution in [2.45, 2.75) is 0 Å². The van der Waals surface area contributed by atoms with Crippen molar-refractivity contribution in [3.63, 3.8) is 0 Å². The van der Waals surface area contributed by atoms with Crippen molar-refractivity contribution >= 4 is 63.5 Å². The maximum absolute atomic E-state index is 12.2. The molecule has 0 saturated carbocycles. The van der Waals surface area contributed by atoms with Gasteiger partial charge in [0.2, 0.25) is 0 Å². The second-order valence-electron chi connectivity index (χ2n) is 5.26. The molecule has 1 heterocycles. The van der Waals surface area contributed by atoms with Crippen LogP contribution in [0.2, 0.25) is 10.0 Å². The third-order valence-corrected chi connectivity index (χ3v) is 5.04. The Morgan fingerprint density at radius 1 is 1.22 bits per heavy atom. The minimum atomic E-state index is -0.612. The first-order chi connectivity index (χ1) is 12.9. The third kappa shape index (κ3) is 4.41. The molecule has 2 aromatic rings. The molecule has 2 aromatic carbocycles. The summed E-state index contributed by atoms with van der Waals surface area (Å²) in [6, 6.07) is 9.51. The van der Waals surface area contributed by atoms with Crippen LogP contribution in [-0.4, -0.2) is 23.1 Å². The molecule has 27 heavy (non-hydrogen) atoms. The summed E-state index contributed by atoms with van der Waals surface area (Å²) in [4.78, 5) is 27.2. The number of carbonyl (C=O) groups is 1. The average molecular weight is 424 g/mol. The fourth-order valence-electron chi connectivity index (χ4n) is 2.20. The Morgan fingerprint density at radius 3 is 2.56 bits per heavy atom. The van der Waals surface area contributed by atoms with Gasteiger partial charge in [0, 0.05) is 16.7 Å². The van der Waals surface area contributed by atoms with Crippen LogP contribution in [0.5, 0.6) is 5.75 Å². The molecule has 0 atom stereocenters. The number of nitrogens with zero attached hydrogens (tertiary/aromatic N) is 2. The lowest BCUT2D eigenvalue weighted by Gasteiger charge is -2.01. The predicted molar refractivity (Wildman–Crippen MR) is 107 cm³/mol. The molecule has 3 rings (SSSR count). The van der Waals surface area contributed by atoms with Crippen LogP contribution in [-0.2, 0) is 4.79 Å².